The van der Waals surface area contributed by atoms with Gasteiger partial charge < -0.3 is 10.6 Å². The maximum absolute atomic E-state index is 6.26. The standard InChI is InChI=1S/C19H23N5/c1-24(2)16-11-9-15(10-12-16)18-21-19(23-22-18)17(20)13-8-14-6-4-3-5-7-14/h3-7,9-12,17H,8,13,20H2,1-2H3,(H,21,22,23)/t17-/m1/s1. The fourth-order valence-electron chi connectivity index (χ4n) is 2.58. The predicted octanol–water partition coefficient (Wildman–Crippen LogP) is 3.17. The van der Waals surface area contributed by atoms with Crippen molar-refractivity contribution in [3.8, 4) is 11.4 Å². The zero-order valence-electron chi connectivity index (χ0n) is 14.1. The van der Waals surface area contributed by atoms with E-state index < -0.39 is 0 Å². The first-order valence-electron chi connectivity index (χ1n) is 8.13. The van der Waals surface area contributed by atoms with Gasteiger partial charge >= 0.3 is 0 Å². The molecule has 0 bridgehead atoms. The lowest BCUT2D eigenvalue weighted by atomic mass is 10.1. The summed E-state index contributed by atoms with van der Waals surface area (Å²) in [4.78, 5) is 6.62. The summed E-state index contributed by atoms with van der Waals surface area (Å²) in [7, 11) is 4.04. The largest absolute Gasteiger partial charge is 0.378 e. The summed E-state index contributed by atoms with van der Waals surface area (Å²) in [6.07, 6.45) is 1.76. The molecule has 3 rings (SSSR count). The second-order valence-corrected chi connectivity index (χ2v) is 6.12. The first-order valence-corrected chi connectivity index (χ1v) is 8.13. The van der Waals surface area contributed by atoms with Crippen molar-refractivity contribution in [1.82, 2.24) is 15.2 Å². The molecule has 24 heavy (non-hydrogen) atoms. The lowest BCUT2D eigenvalue weighted by molar-refractivity contribution is 0.615. The van der Waals surface area contributed by atoms with Crippen molar-refractivity contribution in [3.63, 3.8) is 0 Å². The number of H-pyrrole nitrogens is 1. The number of aromatic nitrogens is 3. The molecule has 124 valence electrons. The highest BCUT2D eigenvalue weighted by atomic mass is 15.2. The van der Waals surface area contributed by atoms with Gasteiger partial charge in [0.1, 0.15) is 5.82 Å². The molecule has 0 radical (unpaired) electrons. The minimum Gasteiger partial charge on any atom is -0.378 e. The van der Waals surface area contributed by atoms with Crippen LogP contribution in [-0.2, 0) is 6.42 Å². The molecule has 2 aromatic carbocycles. The fraction of sp³-hybridized carbons (Fsp3) is 0.263. The predicted molar refractivity (Wildman–Crippen MR) is 97.8 cm³/mol. The van der Waals surface area contributed by atoms with Gasteiger partial charge in [0, 0.05) is 25.3 Å². The number of benzene rings is 2. The molecule has 0 fully saturated rings. The average Bonchev–Trinajstić information content (AvgIpc) is 3.11. The number of nitrogens with two attached hydrogens (primary N) is 1. The number of rotatable bonds is 6. The Balaban J connectivity index is 1.66. The first kappa shape index (κ1) is 16.2. The quantitative estimate of drug-likeness (QED) is 0.731. The van der Waals surface area contributed by atoms with Gasteiger partial charge in [-0.25, -0.2) is 4.98 Å². The van der Waals surface area contributed by atoms with E-state index >= 15 is 0 Å². The van der Waals surface area contributed by atoms with E-state index in [1.54, 1.807) is 0 Å². The Morgan fingerprint density at radius 3 is 2.42 bits per heavy atom. The van der Waals surface area contributed by atoms with Crippen LogP contribution in [0, 0.1) is 0 Å². The zero-order valence-corrected chi connectivity index (χ0v) is 14.1. The maximum Gasteiger partial charge on any atom is 0.181 e. The SMILES string of the molecule is CN(C)c1ccc(-c2n[nH]c([C@H](N)CCc3ccccc3)n2)cc1. The van der Waals surface area contributed by atoms with Crippen LogP contribution in [0.4, 0.5) is 5.69 Å². The number of hydrogen-bond donors (Lipinski definition) is 2. The van der Waals surface area contributed by atoms with Crippen molar-refractivity contribution < 1.29 is 0 Å². The van der Waals surface area contributed by atoms with E-state index in [0.717, 1.165) is 29.9 Å². The minimum absolute atomic E-state index is 0.146. The molecule has 1 atom stereocenters. The van der Waals surface area contributed by atoms with Gasteiger partial charge in [-0.15, -0.1) is 0 Å². The normalized spacial score (nSPS) is 12.1. The Hall–Kier alpha value is -2.66. The van der Waals surface area contributed by atoms with Crippen LogP contribution in [0.5, 0.6) is 0 Å². The highest BCUT2D eigenvalue weighted by Crippen LogP contribution is 2.21. The van der Waals surface area contributed by atoms with Crippen LogP contribution in [0.2, 0.25) is 0 Å². The number of anilines is 1. The summed E-state index contributed by atoms with van der Waals surface area (Å²) < 4.78 is 0. The minimum atomic E-state index is -0.146. The summed E-state index contributed by atoms with van der Waals surface area (Å²) in [5, 5.41) is 7.29. The van der Waals surface area contributed by atoms with E-state index in [-0.39, 0.29) is 6.04 Å². The lowest BCUT2D eigenvalue weighted by Crippen LogP contribution is -2.13. The summed E-state index contributed by atoms with van der Waals surface area (Å²) in [5.41, 5.74) is 9.67. The van der Waals surface area contributed by atoms with E-state index in [1.165, 1.54) is 5.56 Å². The zero-order chi connectivity index (χ0) is 16.9. The van der Waals surface area contributed by atoms with Crippen molar-refractivity contribution >= 4 is 5.69 Å². The fourth-order valence-corrected chi connectivity index (χ4v) is 2.58. The number of nitrogens with one attached hydrogen (secondary N) is 1. The van der Waals surface area contributed by atoms with Gasteiger partial charge in [0.15, 0.2) is 5.82 Å². The number of hydrogen-bond acceptors (Lipinski definition) is 4. The van der Waals surface area contributed by atoms with Crippen LogP contribution in [0.3, 0.4) is 0 Å². The lowest BCUT2D eigenvalue weighted by Gasteiger charge is -2.11. The summed E-state index contributed by atoms with van der Waals surface area (Å²) in [6.45, 7) is 0. The Labute approximate surface area is 142 Å². The molecule has 5 heteroatoms. The second-order valence-electron chi connectivity index (χ2n) is 6.12. The Morgan fingerprint density at radius 1 is 1.04 bits per heavy atom. The molecule has 1 heterocycles. The Kier molecular flexibility index (Phi) is 4.91. The molecule has 3 N–H and O–H groups in total. The van der Waals surface area contributed by atoms with E-state index in [1.807, 2.05) is 44.4 Å². The van der Waals surface area contributed by atoms with Gasteiger partial charge in [-0.2, -0.15) is 5.10 Å². The third-order valence-corrected chi connectivity index (χ3v) is 4.08. The Bertz CT molecular complexity index is 762. The van der Waals surface area contributed by atoms with Crippen molar-refractivity contribution in [3.05, 3.63) is 66.0 Å². The topological polar surface area (TPSA) is 70.8 Å². The molecule has 0 aliphatic carbocycles. The van der Waals surface area contributed by atoms with Gasteiger partial charge in [-0.05, 0) is 42.7 Å². The number of aryl methyl sites for hydroxylation is 1. The molecule has 0 aliphatic heterocycles. The molecule has 5 nitrogen and oxygen atoms in total. The molecule has 0 spiro atoms. The highest BCUT2D eigenvalue weighted by molar-refractivity contribution is 5.59. The second kappa shape index (κ2) is 7.27. The van der Waals surface area contributed by atoms with Crippen molar-refractivity contribution in [2.24, 2.45) is 5.73 Å². The molecule has 1 aromatic heterocycles. The van der Waals surface area contributed by atoms with E-state index in [4.69, 9.17) is 5.73 Å². The molecule has 0 aliphatic rings. The van der Waals surface area contributed by atoms with Crippen LogP contribution >= 0.6 is 0 Å². The molecular weight excluding hydrogens is 298 g/mol. The van der Waals surface area contributed by atoms with Crippen LogP contribution < -0.4 is 10.6 Å². The van der Waals surface area contributed by atoms with Crippen LogP contribution in [-0.4, -0.2) is 29.3 Å². The molecule has 3 aromatic rings. The van der Waals surface area contributed by atoms with Crippen molar-refractivity contribution in [2.45, 2.75) is 18.9 Å². The molecule has 0 amide bonds. The Morgan fingerprint density at radius 2 is 1.75 bits per heavy atom. The van der Waals surface area contributed by atoms with E-state index in [2.05, 4.69) is 44.3 Å². The van der Waals surface area contributed by atoms with Gasteiger partial charge in [0.05, 0.1) is 6.04 Å². The molecular formula is C19H23N5. The molecule has 0 unspecified atom stereocenters. The third kappa shape index (κ3) is 3.81. The van der Waals surface area contributed by atoms with Crippen molar-refractivity contribution in [2.75, 3.05) is 19.0 Å². The van der Waals surface area contributed by atoms with Gasteiger partial charge in [0.25, 0.3) is 0 Å². The number of aromatic amines is 1. The van der Waals surface area contributed by atoms with Crippen LogP contribution in [0.1, 0.15) is 23.9 Å². The molecule has 0 saturated heterocycles. The van der Waals surface area contributed by atoms with Crippen LogP contribution in [0.25, 0.3) is 11.4 Å². The summed E-state index contributed by atoms with van der Waals surface area (Å²) >= 11 is 0. The van der Waals surface area contributed by atoms with Crippen molar-refractivity contribution in [1.29, 1.82) is 0 Å². The van der Waals surface area contributed by atoms with E-state index in [0.29, 0.717) is 5.82 Å². The number of nitrogens with zero attached hydrogens (tertiary/aromatic N) is 3. The van der Waals surface area contributed by atoms with Gasteiger partial charge in [-0.3, -0.25) is 5.10 Å². The average molecular weight is 321 g/mol. The third-order valence-electron chi connectivity index (χ3n) is 4.08. The smallest absolute Gasteiger partial charge is 0.181 e. The van der Waals surface area contributed by atoms with Gasteiger partial charge in [-0.1, -0.05) is 30.3 Å². The van der Waals surface area contributed by atoms with E-state index in [9.17, 15) is 0 Å². The first-order chi connectivity index (χ1) is 11.6. The summed E-state index contributed by atoms with van der Waals surface area (Å²) in [5.74, 6) is 1.42. The highest BCUT2D eigenvalue weighted by Gasteiger charge is 2.13. The molecule has 0 saturated carbocycles. The van der Waals surface area contributed by atoms with Crippen LogP contribution in [0.15, 0.2) is 54.6 Å². The monoisotopic (exact) mass is 321 g/mol. The summed E-state index contributed by atoms with van der Waals surface area (Å²) in [6, 6.07) is 18.4. The maximum atomic E-state index is 6.26. The van der Waals surface area contributed by atoms with Gasteiger partial charge in [0.2, 0.25) is 0 Å².